The van der Waals surface area contributed by atoms with Crippen molar-refractivity contribution in [3.05, 3.63) is 48.0 Å². The zero-order chi connectivity index (χ0) is 13.5. The van der Waals surface area contributed by atoms with Crippen LogP contribution in [0.3, 0.4) is 0 Å². The van der Waals surface area contributed by atoms with Crippen molar-refractivity contribution in [1.82, 2.24) is 4.90 Å². The van der Waals surface area contributed by atoms with E-state index >= 15 is 0 Å². The van der Waals surface area contributed by atoms with Gasteiger partial charge in [0, 0.05) is 5.92 Å². The number of nitrogens with zero attached hydrogens (tertiary/aromatic N) is 1. The summed E-state index contributed by atoms with van der Waals surface area (Å²) < 4.78 is 0. The molecule has 100 valence electrons. The molecule has 1 aromatic carbocycles. The van der Waals surface area contributed by atoms with E-state index in [-0.39, 0.29) is 11.5 Å². The fourth-order valence-corrected chi connectivity index (χ4v) is 3.98. The summed E-state index contributed by atoms with van der Waals surface area (Å²) in [4.78, 5) is 15.2. The zero-order valence-electron chi connectivity index (χ0n) is 11.7. The molecule has 0 amide bonds. The second kappa shape index (κ2) is 4.61. The molecule has 0 N–H and O–H groups in total. The predicted octanol–water partition coefficient (Wildman–Crippen LogP) is 3.01. The van der Waals surface area contributed by atoms with Gasteiger partial charge in [0.2, 0.25) is 0 Å². The summed E-state index contributed by atoms with van der Waals surface area (Å²) >= 11 is 0. The van der Waals surface area contributed by atoms with Crippen LogP contribution < -0.4 is 0 Å². The quantitative estimate of drug-likeness (QED) is 0.771. The van der Waals surface area contributed by atoms with Crippen molar-refractivity contribution in [3.63, 3.8) is 0 Å². The number of carbonyl (C=O) groups is 1. The Balaban J connectivity index is 1.94. The molecule has 1 fully saturated rings. The molecular formula is C17H21NO. The lowest BCUT2D eigenvalue weighted by atomic mass is 9.56. The summed E-state index contributed by atoms with van der Waals surface area (Å²) in [5, 5.41) is 0. The number of rotatable bonds is 4. The summed E-state index contributed by atoms with van der Waals surface area (Å²) in [6, 6.07) is 10.2. The Morgan fingerprint density at radius 2 is 1.89 bits per heavy atom. The van der Waals surface area contributed by atoms with Crippen molar-refractivity contribution in [1.29, 1.82) is 0 Å². The molecule has 0 spiro atoms. The minimum absolute atomic E-state index is 0.0700. The fourth-order valence-electron chi connectivity index (χ4n) is 3.98. The monoisotopic (exact) mass is 255 g/mol. The third-order valence-corrected chi connectivity index (χ3v) is 4.88. The van der Waals surface area contributed by atoms with Gasteiger partial charge < -0.3 is 0 Å². The van der Waals surface area contributed by atoms with E-state index < -0.39 is 0 Å². The maximum Gasteiger partial charge on any atom is 0.162 e. The first-order valence-corrected chi connectivity index (χ1v) is 7.26. The molecule has 0 saturated heterocycles. The van der Waals surface area contributed by atoms with E-state index in [0.29, 0.717) is 11.7 Å². The Kier molecular flexibility index (Phi) is 3.06. The first kappa shape index (κ1) is 12.6. The summed E-state index contributed by atoms with van der Waals surface area (Å²) in [6.45, 7) is 6.19. The van der Waals surface area contributed by atoms with Crippen LogP contribution in [0.25, 0.3) is 0 Å². The number of likely N-dealkylation sites (N-methyl/N-ethyl adjacent to an activating group) is 1. The summed E-state index contributed by atoms with van der Waals surface area (Å²) in [5.74, 6) is 0.847. The first-order valence-electron chi connectivity index (χ1n) is 7.26. The van der Waals surface area contributed by atoms with Crippen LogP contribution in [0.4, 0.5) is 0 Å². The second-order valence-corrected chi connectivity index (χ2v) is 5.51. The predicted molar refractivity (Wildman–Crippen MR) is 77.1 cm³/mol. The molecule has 2 aliphatic rings. The Bertz CT molecular complexity index is 503. The average molecular weight is 255 g/mol. The lowest BCUT2D eigenvalue weighted by Crippen LogP contribution is -2.68. The standard InChI is InChI=1S/C17H21NO/c1-3-18(4-2)17-12-8-11-14(17)15(16(17)19)13-9-6-5-7-10-13/h5-11,14-15H,3-4,12H2,1-2H3/t14-,15-,17-/m1/s1. The van der Waals surface area contributed by atoms with Gasteiger partial charge >= 0.3 is 0 Å². The van der Waals surface area contributed by atoms with Crippen LogP contribution in [0.5, 0.6) is 0 Å². The molecule has 0 aliphatic heterocycles. The van der Waals surface area contributed by atoms with Crippen LogP contribution in [0, 0.1) is 5.92 Å². The Morgan fingerprint density at radius 1 is 1.21 bits per heavy atom. The van der Waals surface area contributed by atoms with Gasteiger partial charge in [-0.05, 0) is 25.1 Å². The third-order valence-electron chi connectivity index (χ3n) is 4.88. The van der Waals surface area contributed by atoms with Crippen molar-refractivity contribution in [3.8, 4) is 0 Å². The van der Waals surface area contributed by atoms with Crippen molar-refractivity contribution in [2.75, 3.05) is 13.1 Å². The molecule has 0 aromatic heterocycles. The normalized spacial score (nSPS) is 32.5. The van der Waals surface area contributed by atoms with Gasteiger partial charge in [-0.3, -0.25) is 9.69 Å². The van der Waals surface area contributed by atoms with E-state index in [4.69, 9.17) is 0 Å². The Hall–Kier alpha value is -1.41. The molecule has 0 heterocycles. The maximum atomic E-state index is 12.8. The molecule has 2 nitrogen and oxygen atoms in total. The highest BCUT2D eigenvalue weighted by atomic mass is 16.1. The minimum atomic E-state index is -0.232. The average Bonchev–Trinajstić information content (AvgIpc) is 2.82. The molecule has 0 bridgehead atoms. The number of hydrogen-bond donors (Lipinski definition) is 0. The van der Waals surface area contributed by atoms with Gasteiger partial charge in [-0.1, -0.05) is 56.3 Å². The number of carbonyl (C=O) groups excluding carboxylic acids is 1. The fraction of sp³-hybridized carbons (Fsp3) is 0.471. The van der Waals surface area contributed by atoms with Crippen LogP contribution >= 0.6 is 0 Å². The van der Waals surface area contributed by atoms with Crippen LogP contribution in [0.15, 0.2) is 42.5 Å². The topological polar surface area (TPSA) is 20.3 Å². The van der Waals surface area contributed by atoms with Gasteiger partial charge in [-0.15, -0.1) is 0 Å². The molecule has 2 heteroatoms. The molecule has 19 heavy (non-hydrogen) atoms. The summed E-state index contributed by atoms with van der Waals surface area (Å²) in [5.41, 5.74) is 0.941. The highest BCUT2D eigenvalue weighted by molar-refractivity contribution is 6.03. The van der Waals surface area contributed by atoms with Crippen molar-refractivity contribution >= 4 is 5.78 Å². The molecule has 1 saturated carbocycles. The highest BCUT2D eigenvalue weighted by Crippen LogP contribution is 2.55. The third kappa shape index (κ3) is 1.56. The second-order valence-electron chi connectivity index (χ2n) is 5.51. The molecule has 3 rings (SSSR count). The molecule has 1 aromatic rings. The van der Waals surface area contributed by atoms with Crippen LogP contribution in [-0.2, 0) is 4.79 Å². The van der Waals surface area contributed by atoms with Crippen molar-refractivity contribution in [2.45, 2.75) is 31.7 Å². The van der Waals surface area contributed by atoms with Gasteiger partial charge in [-0.2, -0.15) is 0 Å². The van der Waals surface area contributed by atoms with Gasteiger partial charge in [0.25, 0.3) is 0 Å². The molecular weight excluding hydrogens is 234 g/mol. The smallest absolute Gasteiger partial charge is 0.162 e. The molecule has 0 unspecified atom stereocenters. The van der Waals surface area contributed by atoms with Crippen molar-refractivity contribution < 1.29 is 4.79 Å². The van der Waals surface area contributed by atoms with Gasteiger partial charge in [0.05, 0.1) is 11.5 Å². The summed E-state index contributed by atoms with van der Waals surface area (Å²) in [7, 11) is 0. The van der Waals surface area contributed by atoms with Gasteiger partial charge in [0.1, 0.15) is 0 Å². The van der Waals surface area contributed by atoms with Crippen LogP contribution in [0.2, 0.25) is 0 Å². The number of hydrogen-bond acceptors (Lipinski definition) is 2. The Morgan fingerprint density at radius 3 is 2.53 bits per heavy atom. The zero-order valence-corrected chi connectivity index (χ0v) is 11.7. The van der Waals surface area contributed by atoms with Crippen LogP contribution in [-0.4, -0.2) is 29.3 Å². The van der Waals surface area contributed by atoms with Gasteiger partial charge in [0.15, 0.2) is 5.78 Å². The number of Topliss-reactive ketones (excluding diaryl/α,β-unsaturated/α-hetero) is 1. The first-order chi connectivity index (χ1) is 9.25. The van der Waals surface area contributed by atoms with E-state index in [2.05, 4.69) is 43.0 Å². The van der Waals surface area contributed by atoms with E-state index in [1.165, 1.54) is 5.56 Å². The number of ketones is 1. The van der Waals surface area contributed by atoms with Crippen molar-refractivity contribution in [2.24, 2.45) is 5.92 Å². The lowest BCUT2D eigenvalue weighted by Gasteiger charge is -2.55. The summed E-state index contributed by atoms with van der Waals surface area (Å²) in [6.07, 6.45) is 5.35. The maximum absolute atomic E-state index is 12.8. The largest absolute Gasteiger partial charge is 0.297 e. The number of benzene rings is 1. The van der Waals surface area contributed by atoms with E-state index in [1.807, 2.05) is 18.2 Å². The lowest BCUT2D eigenvalue weighted by molar-refractivity contribution is -0.150. The molecule has 3 atom stereocenters. The number of fused-ring (bicyclic) bond motifs is 1. The van der Waals surface area contributed by atoms with E-state index in [0.717, 1.165) is 19.5 Å². The SMILES string of the molecule is CCN(CC)[C@]12CC=C[C@@H]1[C@@H](c1ccccc1)C2=O. The van der Waals surface area contributed by atoms with E-state index in [9.17, 15) is 4.79 Å². The highest BCUT2D eigenvalue weighted by Gasteiger charge is 2.64. The van der Waals surface area contributed by atoms with Crippen LogP contribution in [0.1, 0.15) is 31.7 Å². The van der Waals surface area contributed by atoms with Gasteiger partial charge in [-0.25, -0.2) is 0 Å². The molecule has 2 aliphatic carbocycles. The molecule has 0 radical (unpaired) electrons. The minimum Gasteiger partial charge on any atom is -0.297 e. The van der Waals surface area contributed by atoms with E-state index in [1.54, 1.807) is 0 Å². The Labute approximate surface area is 115 Å².